The van der Waals surface area contributed by atoms with Gasteiger partial charge in [-0.1, -0.05) is 22.0 Å². The molecule has 14 heavy (non-hydrogen) atoms. The number of halogens is 1. The molecule has 1 aromatic carbocycles. The number of benzene rings is 1. The molecule has 0 saturated carbocycles. The molecule has 0 saturated heterocycles. The molecule has 0 radical (unpaired) electrons. The summed E-state index contributed by atoms with van der Waals surface area (Å²) < 4.78 is 1.18. The van der Waals surface area contributed by atoms with Gasteiger partial charge >= 0.3 is 0 Å². The average Bonchev–Trinajstić information content (AvgIpc) is 2.59. The van der Waals surface area contributed by atoms with Gasteiger partial charge in [0.1, 0.15) is 0 Å². The van der Waals surface area contributed by atoms with Crippen molar-refractivity contribution in [3.63, 3.8) is 0 Å². The van der Waals surface area contributed by atoms with E-state index >= 15 is 0 Å². The summed E-state index contributed by atoms with van der Waals surface area (Å²) in [6.07, 6.45) is 0. The van der Waals surface area contributed by atoms with Crippen LogP contribution >= 0.6 is 27.3 Å². The first-order valence-corrected chi connectivity index (χ1v) is 6.22. The van der Waals surface area contributed by atoms with Crippen molar-refractivity contribution in [1.29, 1.82) is 0 Å². The lowest BCUT2D eigenvalue weighted by Crippen LogP contribution is -1.93. The summed E-state index contributed by atoms with van der Waals surface area (Å²) in [4.78, 5) is 0. The van der Waals surface area contributed by atoms with Crippen molar-refractivity contribution in [3.05, 3.63) is 28.6 Å². The Bertz CT molecular complexity index is 466. The van der Waals surface area contributed by atoms with Crippen LogP contribution in [-0.4, -0.2) is 5.11 Å². The summed E-state index contributed by atoms with van der Waals surface area (Å²) in [6, 6.07) is 3.96. The molecule has 2 aromatic rings. The number of thiophene rings is 1. The van der Waals surface area contributed by atoms with Crippen molar-refractivity contribution >= 4 is 43.0 Å². The van der Waals surface area contributed by atoms with Crippen LogP contribution in [0.5, 0.6) is 0 Å². The van der Waals surface area contributed by atoms with Gasteiger partial charge in [-0.2, -0.15) is 0 Å². The van der Waals surface area contributed by atoms with E-state index < -0.39 is 0 Å². The number of aliphatic hydroxyl groups excluding tert-OH is 1. The molecule has 0 aliphatic rings. The molecule has 2 rings (SSSR count). The van der Waals surface area contributed by atoms with Gasteiger partial charge in [0.15, 0.2) is 0 Å². The van der Waals surface area contributed by atoms with E-state index in [0.29, 0.717) is 0 Å². The van der Waals surface area contributed by atoms with Gasteiger partial charge in [0.05, 0.1) is 12.3 Å². The van der Waals surface area contributed by atoms with E-state index in [1.807, 2.05) is 17.5 Å². The zero-order valence-electron chi connectivity index (χ0n) is 7.46. The second kappa shape index (κ2) is 3.88. The van der Waals surface area contributed by atoms with Crippen molar-refractivity contribution < 1.29 is 5.11 Å². The normalized spacial score (nSPS) is 11.0. The van der Waals surface area contributed by atoms with E-state index in [9.17, 15) is 5.11 Å². The highest BCUT2D eigenvalue weighted by Gasteiger charge is 2.09. The van der Waals surface area contributed by atoms with Gasteiger partial charge < -0.3 is 10.8 Å². The van der Waals surface area contributed by atoms with E-state index in [1.165, 1.54) is 4.70 Å². The monoisotopic (exact) mass is 271 g/mol. The van der Waals surface area contributed by atoms with Crippen LogP contribution in [0, 0.1) is 0 Å². The van der Waals surface area contributed by atoms with Crippen molar-refractivity contribution in [3.8, 4) is 0 Å². The van der Waals surface area contributed by atoms with Crippen LogP contribution in [-0.2, 0) is 11.9 Å². The fourth-order valence-corrected chi connectivity index (χ4v) is 3.09. The van der Waals surface area contributed by atoms with Gasteiger partial charge in [0, 0.05) is 20.8 Å². The van der Waals surface area contributed by atoms with E-state index in [1.54, 1.807) is 11.3 Å². The van der Waals surface area contributed by atoms with Crippen molar-refractivity contribution in [2.24, 2.45) is 0 Å². The van der Waals surface area contributed by atoms with E-state index in [-0.39, 0.29) is 6.61 Å². The first-order chi connectivity index (χ1) is 6.77. The number of hydrogen-bond acceptors (Lipinski definition) is 3. The minimum absolute atomic E-state index is 0.0617. The quantitative estimate of drug-likeness (QED) is 0.826. The molecule has 0 unspecified atom stereocenters. The maximum Gasteiger partial charge on any atom is 0.0685 e. The summed E-state index contributed by atoms with van der Waals surface area (Å²) in [5, 5.41) is 12.9. The summed E-state index contributed by atoms with van der Waals surface area (Å²) in [5.41, 5.74) is 8.73. The lowest BCUT2D eigenvalue weighted by atomic mass is 10.0. The van der Waals surface area contributed by atoms with Crippen molar-refractivity contribution in [1.82, 2.24) is 0 Å². The average molecular weight is 272 g/mol. The van der Waals surface area contributed by atoms with Crippen LogP contribution in [0.25, 0.3) is 10.1 Å². The van der Waals surface area contributed by atoms with Gasteiger partial charge in [0.25, 0.3) is 0 Å². The van der Waals surface area contributed by atoms with Crippen LogP contribution in [0.1, 0.15) is 11.1 Å². The Labute approximate surface area is 94.5 Å². The first kappa shape index (κ1) is 9.96. The Hall–Kier alpha value is -0.580. The summed E-state index contributed by atoms with van der Waals surface area (Å²) in [7, 11) is 0. The Balaban J connectivity index is 2.81. The first-order valence-electron chi connectivity index (χ1n) is 4.22. The number of rotatable bonds is 2. The third kappa shape index (κ3) is 1.43. The molecule has 4 heteroatoms. The minimum atomic E-state index is 0.0617. The van der Waals surface area contributed by atoms with Crippen LogP contribution in [0.2, 0.25) is 0 Å². The molecule has 0 aliphatic heterocycles. The second-order valence-electron chi connectivity index (χ2n) is 3.06. The molecule has 1 heterocycles. The number of nitrogen functional groups attached to an aromatic ring is 1. The third-order valence-corrected chi connectivity index (χ3v) is 3.80. The highest BCUT2D eigenvalue weighted by atomic mass is 79.9. The van der Waals surface area contributed by atoms with Crippen molar-refractivity contribution in [2.75, 3.05) is 5.73 Å². The Morgan fingerprint density at radius 2 is 2.21 bits per heavy atom. The molecule has 0 atom stereocenters. The zero-order valence-corrected chi connectivity index (χ0v) is 9.86. The number of aliphatic hydroxyl groups is 1. The molecule has 0 amide bonds. The minimum Gasteiger partial charge on any atom is -0.398 e. The standard InChI is InChI=1S/C10H10BrNOS/c11-3-7-6(4-13)1-2-9-10(7)8(12)5-14-9/h1-2,5,13H,3-4,12H2. The summed E-state index contributed by atoms with van der Waals surface area (Å²) in [6.45, 7) is 0.0617. The predicted octanol–water partition coefficient (Wildman–Crippen LogP) is 2.87. The number of alkyl halides is 1. The molecule has 74 valence electrons. The van der Waals surface area contributed by atoms with E-state index in [2.05, 4.69) is 15.9 Å². The molecule has 0 spiro atoms. The van der Waals surface area contributed by atoms with Crippen LogP contribution in [0.3, 0.4) is 0 Å². The highest BCUT2D eigenvalue weighted by Crippen LogP contribution is 2.34. The van der Waals surface area contributed by atoms with E-state index in [0.717, 1.165) is 27.5 Å². The lowest BCUT2D eigenvalue weighted by molar-refractivity contribution is 0.281. The Kier molecular flexibility index (Phi) is 2.76. The van der Waals surface area contributed by atoms with Crippen molar-refractivity contribution in [2.45, 2.75) is 11.9 Å². The summed E-state index contributed by atoms with van der Waals surface area (Å²) >= 11 is 5.06. The number of anilines is 1. The van der Waals surface area contributed by atoms with Gasteiger partial charge in [0.2, 0.25) is 0 Å². The van der Waals surface area contributed by atoms with Crippen LogP contribution < -0.4 is 5.73 Å². The molecular weight excluding hydrogens is 262 g/mol. The molecule has 1 aromatic heterocycles. The largest absolute Gasteiger partial charge is 0.398 e. The van der Waals surface area contributed by atoms with Gasteiger partial charge in [-0.25, -0.2) is 0 Å². The maximum atomic E-state index is 9.18. The molecule has 0 aliphatic carbocycles. The zero-order chi connectivity index (χ0) is 10.1. The van der Waals surface area contributed by atoms with Gasteiger partial charge in [-0.15, -0.1) is 11.3 Å². The second-order valence-corrected chi connectivity index (χ2v) is 4.53. The Morgan fingerprint density at radius 3 is 2.86 bits per heavy atom. The highest BCUT2D eigenvalue weighted by molar-refractivity contribution is 9.08. The number of fused-ring (bicyclic) bond motifs is 1. The number of hydrogen-bond donors (Lipinski definition) is 2. The molecule has 3 N–H and O–H groups in total. The number of nitrogens with two attached hydrogens (primary N) is 1. The topological polar surface area (TPSA) is 46.2 Å². The van der Waals surface area contributed by atoms with Gasteiger partial charge in [-0.3, -0.25) is 0 Å². The lowest BCUT2D eigenvalue weighted by Gasteiger charge is -2.06. The fourth-order valence-electron chi connectivity index (χ4n) is 1.57. The molecule has 2 nitrogen and oxygen atoms in total. The maximum absolute atomic E-state index is 9.18. The van der Waals surface area contributed by atoms with Crippen LogP contribution in [0.4, 0.5) is 5.69 Å². The van der Waals surface area contributed by atoms with Crippen LogP contribution in [0.15, 0.2) is 17.5 Å². The smallest absolute Gasteiger partial charge is 0.0685 e. The summed E-state index contributed by atoms with van der Waals surface area (Å²) in [5.74, 6) is 0. The molecular formula is C10H10BrNOS. The third-order valence-electron chi connectivity index (χ3n) is 2.28. The molecule has 0 fully saturated rings. The molecule has 0 bridgehead atoms. The fraction of sp³-hybridized carbons (Fsp3) is 0.200. The SMILES string of the molecule is Nc1csc2ccc(CO)c(CBr)c12. The predicted molar refractivity (Wildman–Crippen MR) is 64.8 cm³/mol. The van der Waals surface area contributed by atoms with Gasteiger partial charge in [-0.05, 0) is 17.2 Å². The van der Waals surface area contributed by atoms with E-state index in [4.69, 9.17) is 5.73 Å². The Morgan fingerprint density at radius 1 is 1.43 bits per heavy atom.